The Hall–Kier alpha value is -1.14. The highest BCUT2D eigenvalue weighted by molar-refractivity contribution is 6.30. The lowest BCUT2D eigenvalue weighted by Crippen LogP contribution is -2.40. The summed E-state index contributed by atoms with van der Waals surface area (Å²) < 4.78 is 5.34. The number of ether oxygens (including phenoxy) is 1. The molecule has 5 nitrogen and oxygen atoms in total. The predicted octanol–water partition coefficient (Wildman–Crippen LogP) is 2.32. The molecule has 2 heterocycles. The number of hydrogen-bond acceptors (Lipinski definition) is 4. The van der Waals surface area contributed by atoms with E-state index in [9.17, 15) is 4.79 Å². The van der Waals surface area contributed by atoms with Gasteiger partial charge in [-0.15, -0.1) is 0 Å². The van der Waals surface area contributed by atoms with Gasteiger partial charge < -0.3 is 10.1 Å². The molecular formula is C19H28ClN3O2. The number of carbonyl (C=O) groups is 1. The van der Waals surface area contributed by atoms with Crippen molar-refractivity contribution in [1.29, 1.82) is 0 Å². The Bertz CT molecular complexity index is 540. The number of rotatable bonds is 7. The second kappa shape index (κ2) is 9.53. The van der Waals surface area contributed by atoms with E-state index in [4.69, 9.17) is 16.3 Å². The van der Waals surface area contributed by atoms with E-state index < -0.39 is 0 Å². The van der Waals surface area contributed by atoms with Crippen LogP contribution in [0.4, 0.5) is 0 Å². The molecule has 2 fully saturated rings. The molecule has 2 aliphatic rings. The number of hydrogen-bond donors (Lipinski definition) is 1. The van der Waals surface area contributed by atoms with Crippen LogP contribution in [0.25, 0.3) is 0 Å². The van der Waals surface area contributed by atoms with Crippen LogP contribution >= 0.6 is 11.6 Å². The molecule has 0 saturated carbocycles. The summed E-state index contributed by atoms with van der Waals surface area (Å²) in [5.74, 6) is 0.129. The van der Waals surface area contributed by atoms with Gasteiger partial charge in [0, 0.05) is 37.6 Å². The average molecular weight is 366 g/mol. The lowest BCUT2D eigenvalue weighted by molar-refractivity contribution is -0.121. The second-order valence-electron chi connectivity index (χ2n) is 6.82. The van der Waals surface area contributed by atoms with Gasteiger partial charge in [-0.05, 0) is 43.6 Å². The fraction of sp³-hybridized carbons (Fsp3) is 0.632. The van der Waals surface area contributed by atoms with Crippen molar-refractivity contribution in [2.24, 2.45) is 0 Å². The molecule has 0 bridgehead atoms. The third-order valence-electron chi connectivity index (χ3n) is 5.09. The van der Waals surface area contributed by atoms with Crippen LogP contribution in [0, 0.1) is 0 Å². The van der Waals surface area contributed by atoms with Gasteiger partial charge in [0.15, 0.2) is 0 Å². The first-order valence-corrected chi connectivity index (χ1v) is 9.66. The highest BCUT2D eigenvalue weighted by Gasteiger charge is 2.24. The van der Waals surface area contributed by atoms with E-state index in [0.29, 0.717) is 13.0 Å². The summed E-state index contributed by atoms with van der Waals surface area (Å²) in [7, 11) is 0. The Labute approximate surface area is 155 Å². The van der Waals surface area contributed by atoms with Gasteiger partial charge in [0.05, 0.1) is 19.3 Å². The fourth-order valence-corrected chi connectivity index (χ4v) is 3.71. The summed E-state index contributed by atoms with van der Waals surface area (Å²) in [5.41, 5.74) is 1.22. The van der Waals surface area contributed by atoms with Gasteiger partial charge in [0.1, 0.15) is 0 Å². The quantitative estimate of drug-likeness (QED) is 0.805. The molecule has 0 unspecified atom stereocenters. The van der Waals surface area contributed by atoms with E-state index in [0.717, 1.165) is 51.0 Å². The third kappa shape index (κ3) is 5.68. The Balaban J connectivity index is 1.51. The van der Waals surface area contributed by atoms with Crippen LogP contribution in [0.15, 0.2) is 24.3 Å². The van der Waals surface area contributed by atoms with Crippen LogP contribution in [-0.4, -0.2) is 68.2 Å². The van der Waals surface area contributed by atoms with Gasteiger partial charge in [-0.25, -0.2) is 0 Å². The van der Waals surface area contributed by atoms with Crippen molar-refractivity contribution in [3.63, 3.8) is 0 Å². The molecule has 6 heteroatoms. The molecular weight excluding hydrogens is 338 g/mol. The molecule has 0 radical (unpaired) electrons. The molecule has 1 atom stereocenters. The number of carbonyl (C=O) groups excluding carboxylic acids is 1. The van der Waals surface area contributed by atoms with Crippen molar-refractivity contribution >= 4 is 17.5 Å². The number of nitrogens with zero attached hydrogens (tertiary/aromatic N) is 2. The Kier molecular flexibility index (Phi) is 7.11. The van der Waals surface area contributed by atoms with Crippen molar-refractivity contribution in [2.75, 3.05) is 52.5 Å². The van der Waals surface area contributed by atoms with Crippen LogP contribution < -0.4 is 5.32 Å². The minimum absolute atomic E-state index is 0.129. The van der Waals surface area contributed by atoms with Crippen LogP contribution in [0.5, 0.6) is 0 Å². The molecule has 0 aromatic heterocycles. The van der Waals surface area contributed by atoms with Gasteiger partial charge in [-0.3, -0.25) is 14.6 Å². The molecule has 25 heavy (non-hydrogen) atoms. The monoisotopic (exact) mass is 365 g/mol. The molecule has 0 aliphatic carbocycles. The number of benzene rings is 1. The van der Waals surface area contributed by atoms with Crippen molar-refractivity contribution < 1.29 is 9.53 Å². The number of likely N-dealkylation sites (tertiary alicyclic amines) is 1. The lowest BCUT2D eigenvalue weighted by Gasteiger charge is -2.29. The SMILES string of the molecule is O=C(CCN1CCOCC1)NC[C@@H](c1ccc(Cl)cc1)N1CCCC1. The summed E-state index contributed by atoms with van der Waals surface area (Å²) in [6, 6.07) is 8.24. The smallest absolute Gasteiger partial charge is 0.221 e. The second-order valence-corrected chi connectivity index (χ2v) is 7.25. The number of morpholine rings is 1. The first-order valence-electron chi connectivity index (χ1n) is 9.29. The molecule has 1 aromatic rings. The number of nitrogens with one attached hydrogen (secondary N) is 1. The van der Waals surface area contributed by atoms with Crippen molar-refractivity contribution in [1.82, 2.24) is 15.1 Å². The van der Waals surface area contributed by atoms with E-state index in [-0.39, 0.29) is 11.9 Å². The molecule has 2 aliphatic heterocycles. The van der Waals surface area contributed by atoms with Crippen molar-refractivity contribution in [3.8, 4) is 0 Å². The van der Waals surface area contributed by atoms with Gasteiger partial charge >= 0.3 is 0 Å². The van der Waals surface area contributed by atoms with E-state index in [1.807, 2.05) is 12.1 Å². The third-order valence-corrected chi connectivity index (χ3v) is 5.34. The number of halogens is 1. The standard InChI is InChI=1S/C19H28ClN3O2/c20-17-5-3-16(4-6-17)18(23-8-1-2-9-23)15-21-19(24)7-10-22-11-13-25-14-12-22/h3-6,18H,1-2,7-15H2,(H,21,24)/t18-/m0/s1. The van der Waals surface area contributed by atoms with Gasteiger partial charge in [0.25, 0.3) is 0 Å². The average Bonchev–Trinajstić information content (AvgIpc) is 3.17. The molecule has 3 rings (SSSR count). The summed E-state index contributed by atoms with van der Waals surface area (Å²) in [5, 5.41) is 3.89. The lowest BCUT2D eigenvalue weighted by atomic mass is 10.1. The first-order chi connectivity index (χ1) is 12.2. The molecule has 138 valence electrons. The van der Waals surface area contributed by atoms with Crippen LogP contribution in [0.2, 0.25) is 5.02 Å². The van der Waals surface area contributed by atoms with Crippen LogP contribution in [0.3, 0.4) is 0 Å². The fourth-order valence-electron chi connectivity index (χ4n) is 3.58. The van der Waals surface area contributed by atoms with Gasteiger partial charge in [-0.1, -0.05) is 23.7 Å². The normalized spacial score (nSPS) is 20.5. The summed E-state index contributed by atoms with van der Waals surface area (Å²) in [4.78, 5) is 17.0. The highest BCUT2D eigenvalue weighted by atomic mass is 35.5. The van der Waals surface area contributed by atoms with E-state index in [1.54, 1.807) is 0 Å². The molecule has 1 aromatic carbocycles. The molecule has 0 spiro atoms. The molecule has 1 amide bonds. The summed E-state index contributed by atoms with van der Waals surface area (Å²) >= 11 is 6.02. The van der Waals surface area contributed by atoms with Crippen molar-refractivity contribution in [3.05, 3.63) is 34.9 Å². The molecule has 2 saturated heterocycles. The number of amides is 1. The summed E-state index contributed by atoms with van der Waals surface area (Å²) in [6.45, 7) is 7.05. The predicted molar refractivity (Wildman–Crippen MR) is 99.9 cm³/mol. The minimum Gasteiger partial charge on any atom is -0.379 e. The van der Waals surface area contributed by atoms with Gasteiger partial charge in [-0.2, -0.15) is 0 Å². The maximum absolute atomic E-state index is 12.3. The van der Waals surface area contributed by atoms with E-state index in [2.05, 4.69) is 27.2 Å². The zero-order valence-corrected chi connectivity index (χ0v) is 15.5. The maximum atomic E-state index is 12.3. The minimum atomic E-state index is 0.129. The maximum Gasteiger partial charge on any atom is 0.221 e. The van der Waals surface area contributed by atoms with Crippen LogP contribution in [-0.2, 0) is 9.53 Å². The zero-order chi connectivity index (χ0) is 17.5. The summed E-state index contributed by atoms with van der Waals surface area (Å²) in [6.07, 6.45) is 3.01. The van der Waals surface area contributed by atoms with Crippen molar-refractivity contribution in [2.45, 2.75) is 25.3 Å². The Morgan fingerprint density at radius 3 is 2.48 bits per heavy atom. The largest absolute Gasteiger partial charge is 0.379 e. The van der Waals surface area contributed by atoms with E-state index in [1.165, 1.54) is 18.4 Å². The van der Waals surface area contributed by atoms with Crippen LogP contribution in [0.1, 0.15) is 30.9 Å². The first kappa shape index (κ1) is 18.6. The Morgan fingerprint density at radius 1 is 1.12 bits per heavy atom. The topological polar surface area (TPSA) is 44.8 Å². The Morgan fingerprint density at radius 2 is 1.80 bits per heavy atom. The van der Waals surface area contributed by atoms with Gasteiger partial charge in [0.2, 0.25) is 5.91 Å². The zero-order valence-electron chi connectivity index (χ0n) is 14.8. The highest BCUT2D eigenvalue weighted by Crippen LogP contribution is 2.25. The molecule has 1 N–H and O–H groups in total. The van der Waals surface area contributed by atoms with E-state index >= 15 is 0 Å².